The molecule has 2 atom stereocenters. The van der Waals surface area contributed by atoms with Crippen molar-refractivity contribution in [2.24, 2.45) is 5.92 Å². The Hall–Kier alpha value is -1.07. The molecule has 110 valence electrons. The maximum atomic E-state index is 12.4. The molecule has 20 heavy (non-hydrogen) atoms. The lowest BCUT2D eigenvalue weighted by Crippen LogP contribution is -2.38. The summed E-state index contributed by atoms with van der Waals surface area (Å²) in [5.41, 5.74) is 0.501. The monoisotopic (exact) mass is 315 g/mol. The molecule has 1 amide bonds. The van der Waals surface area contributed by atoms with Gasteiger partial charge in [0.15, 0.2) is 9.84 Å². The third-order valence-electron chi connectivity index (χ3n) is 3.83. The summed E-state index contributed by atoms with van der Waals surface area (Å²) in [6, 6.07) is 6.12. The molecular weight excluding hydrogens is 298 g/mol. The van der Waals surface area contributed by atoms with Gasteiger partial charge in [-0.25, -0.2) is 8.42 Å². The van der Waals surface area contributed by atoms with E-state index in [1.165, 1.54) is 12.1 Å². The molecule has 6 heteroatoms. The van der Waals surface area contributed by atoms with E-state index in [0.717, 1.165) is 12.7 Å². The first-order valence-corrected chi connectivity index (χ1v) is 8.94. The lowest BCUT2D eigenvalue weighted by Gasteiger charge is -2.25. The van der Waals surface area contributed by atoms with E-state index in [2.05, 4.69) is 6.92 Å². The zero-order chi connectivity index (χ0) is 14.9. The minimum atomic E-state index is -3.23. The summed E-state index contributed by atoms with van der Waals surface area (Å²) < 4.78 is 22.8. The Morgan fingerprint density at radius 3 is 2.45 bits per heavy atom. The predicted octanol–water partition coefficient (Wildman–Crippen LogP) is 2.18. The SMILES string of the molecule is CC1CCN(C(=O)c2ccc(S(C)(=O)=O)cc2)C1CCl. The zero-order valence-electron chi connectivity index (χ0n) is 11.5. The van der Waals surface area contributed by atoms with Crippen molar-refractivity contribution in [3.8, 4) is 0 Å². The zero-order valence-corrected chi connectivity index (χ0v) is 13.1. The summed E-state index contributed by atoms with van der Waals surface area (Å²) in [6.45, 7) is 2.79. The normalized spacial score (nSPS) is 23.1. The van der Waals surface area contributed by atoms with Crippen LogP contribution < -0.4 is 0 Å². The Morgan fingerprint density at radius 1 is 1.35 bits per heavy atom. The molecule has 1 aliphatic rings. The van der Waals surface area contributed by atoms with Gasteiger partial charge >= 0.3 is 0 Å². The van der Waals surface area contributed by atoms with E-state index < -0.39 is 9.84 Å². The molecule has 1 fully saturated rings. The van der Waals surface area contributed by atoms with Crippen molar-refractivity contribution in [3.05, 3.63) is 29.8 Å². The molecular formula is C14H18ClNO3S. The second kappa shape index (κ2) is 5.74. The number of nitrogens with zero attached hydrogens (tertiary/aromatic N) is 1. The Morgan fingerprint density at radius 2 is 1.95 bits per heavy atom. The first-order chi connectivity index (χ1) is 9.34. The van der Waals surface area contributed by atoms with Gasteiger partial charge in [0.2, 0.25) is 0 Å². The standard InChI is InChI=1S/C14H18ClNO3S/c1-10-7-8-16(13(10)9-15)14(17)11-3-5-12(6-4-11)20(2,18)19/h3-6,10,13H,7-9H2,1-2H3. The van der Waals surface area contributed by atoms with E-state index in [9.17, 15) is 13.2 Å². The highest BCUT2D eigenvalue weighted by Crippen LogP contribution is 2.26. The van der Waals surface area contributed by atoms with Crippen molar-refractivity contribution in [1.29, 1.82) is 0 Å². The molecule has 1 heterocycles. The Bertz CT molecular complexity index is 597. The van der Waals surface area contributed by atoms with Crippen LogP contribution in [0.25, 0.3) is 0 Å². The molecule has 0 radical (unpaired) electrons. The van der Waals surface area contributed by atoms with Crippen LogP contribution in [0, 0.1) is 5.92 Å². The van der Waals surface area contributed by atoms with E-state index in [1.807, 2.05) is 0 Å². The van der Waals surface area contributed by atoms with Crippen molar-refractivity contribution >= 4 is 27.3 Å². The van der Waals surface area contributed by atoms with Crippen LogP contribution in [0.4, 0.5) is 0 Å². The largest absolute Gasteiger partial charge is 0.334 e. The van der Waals surface area contributed by atoms with Gasteiger partial charge in [-0.3, -0.25) is 4.79 Å². The Balaban J connectivity index is 2.22. The molecule has 1 aliphatic heterocycles. The lowest BCUT2D eigenvalue weighted by molar-refractivity contribution is 0.0737. The van der Waals surface area contributed by atoms with Gasteiger partial charge in [0.1, 0.15) is 0 Å². The van der Waals surface area contributed by atoms with E-state index in [1.54, 1.807) is 17.0 Å². The first kappa shape index (κ1) is 15.3. The number of carbonyl (C=O) groups excluding carboxylic acids is 1. The van der Waals surface area contributed by atoms with Crippen molar-refractivity contribution < 1.29 is 13.2 Å². The average molecular weight is 316 g/mol. The lowest BCUT2D eigenvalue weighted by atomic mass is 10.0. The number of sulfone groups is 1. The van der Waals surface area contributed by atoms with Gasteiger partial charge in [0.25, 0.3) is 5.91 Å². The van der Waals surface area contributed by atoms with Crippen LogP contribution in [0.3, 0.4) is 0 Å². The van der Waals surface area contributed by atoms with Crippen molar-refractivity contribution in [1.82, 2.24) is 4.90 Å². The van der Waals surface area contributed by atoms with E-state index >= 15 is 0 Å². The van der Waals surface area contributed by atoms with Gasteiger partial charge in [0, 0.05) is 30.3 Å². The fraction of sp³-hybridized carbons (Fsp3) is 0.500. The second-order valence-corrected chi connectivity index (χ2v) is 7.61. The molecule has 0 N–H and O–H groups in total. The van der Waals surface area contributed by atoms with Crippen molar-refractivity contribution in [2.75, 3.05) is 18.7 Å². The number of hydrogen-bond acceptors (Lipinski definition) is 3. The smallest absolute Gasteiger partial charge is 0.254 e. The van der Waals surface area contributed by atoms with Crippen molar-refractivity contribution in [2.45, 2.75) is 24.3 Å². The predicted molar refractivity (Wildman–Crippen MR) is 78.9 cm³/mol. The molecule has 4 nitrogen and oxygen atoms in total. The fourth-order valence-electron chi connectivity index (χ4n) is 2.51. The summed E-state index contributed by atoms with van der Waals surface area (Å²) in [5.74, 6) is 0.737. The number of halogens is 1. The van der Waals surface area contributed by atoms with E-state index in [4.69, 9.17) is 11.6 Å². The molecule has 0 bridgehead atoms. The Kier molecular flexibility index (Phi) is 4.39. The highest BCUT2D eigenvalue weighted by Gasteiger charge is 2.34. The van der Waals surface area contributed by atoms with Crippen LogP contribution in [-0.4, -0.2) is 43.9 Å². The van der Waals surface area contributed by atoms with Crippen LogP contribution in [0.2, 0.25) is 0 Å². The number of hydrogen-bond donors (Lipinski definition) is 0. The first-order valence-electron chi connectivity index (χ1n) is 6.51. The van der Waals surface area contributed by atoms with Gasteiger partial charge in [0.05, 0.1) is 4.90 Å². The number of rotatable bonds is 3. The fourth-order valence-corrected chi connectivity index (χ4v) is 3.61. The number of amides is 1. The van der Waals surface area contributed by atoms with Crippen molar-refractivity contribution in [3.63, 3.8) is 0 Å². The summed E-state index contributed by atoms with van der Waals surface area (Å²) in [6.07, 6.45) is 2.10. The van der Waals surface area contributed by atoms with E-state index in [-0.39, 0.29) is 16.8 Å². The molecule has 0 saturated carbocycles. The molecule has 0 aliphatic carbocycles. The quantitative estimate of drug-likeness (QED) is 0.803. The summed E-state index contributed by atoms with van der Waals surface area (Å²) in [5, 5.41) is 0. The van der Waals surface area contributed by atoms with Crippen LogP contribution >= 0.6 is 11.6 Å². The molecule has 1 saturated heterocycles. The average Bonchev–Trinajstić information content (AvgIpc) is 2.78. The molecule has 2 rings (SSSR count). The third-order valence-corrected chi connectivity index (χ3v) is 5.28. The summed E-state index contributed by atoms with van der Waals surface area (Å²) in [4.78, 5) is 14.4. The molecule has 0 aromatic heterocycles. The number of benzene rings is 1. The van der Waals surface area contributed by atoms with E-state index in [0.29, 0.717) is 23.9 Å². The van der Waals surface area contributed by atoms with Gasteiger partial charge in [-0.05, 0) is 36.6 Å². The third kappa shape index (κ3) is 2.99. The highest BCUT2D eigenvalue weighted by atomic mass is 35.5. The Labute approximate surface area is 124 Å². The van der Waals surface area contributed by atoms with Crippen LogP contribution in [-0.2, 0) is 9.84 Å². The number of alkyl halides is 1. The minimum Gasteiger partial charge on any atom is -0.334 e. The minimum absolute atomic E-state index is 0.0544. The molecule has 0 spiro atoms. The van der Waals surface area contributed by atoms with Gasteiger partial charge < -0.3 is 4.90 Å². The van der Waals surface area contributed by atoms with Crippen LogP contribution in [0.5, 0.6) is 0 Å². The summed E-state index contributed by atoms with van der Waals surface area (Å²) >= 11 is 5.94. The van der Waals surface area contributed by atoms with Gasteiger partial charge in [-0.15, -0.1) is 11.6 Å². The van der Waals surface area contributed by atoms with Gasteiger partial charge in [-0.2, -0.15) is 0 Å². The molecule has 1 aromatic rings. The maximum absolute atomic E-state index is 12.4. The van der Waals surface area contributed by atoms with Crippen LogP contribution in [0.15, 0.2) is 29.2 Å². The molecule has 1 aromatic carbocycles. The summed E-state index contributed by atoms with van der Waals surface area (Å²) in [7, 11) is -3.23. The number of carbonyl (C=O) groups is 1. The van der Waals surface area contributed by atoms with Crippen LogP contribution in [0.1, 0.15) is 23.7 Å². The maximum Gasteiger partial charge on any atom is 0.254 e. The number of likely N-dealkylation sites (tertiary alicyclic amines) is 1. The van der Waals surface area contributed by atoms with Gasteiger partial charge in [-0.1, -0.05) is 6.92 Å². The molecule has 2 unspecified atom stereocenters. The topological polar surface area (TPSA) is 54.5 Å². The highest BCUT2D eigenvalue weighted by molar-refractivity contribution is 7.90. The second-order valence-electron chi connectivity index (χ2n) is 5.28.